The molecule has 0 aliphatic carbocycles. The van der Waals surface area contributed by atoms with Gasteiger partial charge in [-0.1, -0.05) is 36.4 Å². The van der Waals surface area contributed by atoms with E-state index in [4.69, 9.17) is 31.9 Å². The van der Waals surface area contributed by atoms with Crippen molar-refractivity contribution in [3.63, 3.8) is 0 Å². The third kappa shape index (κ3) is 5.72. The molecule has 4 heterocycles. The van der Waals surface area contributed by atoms with Gasteiger partial charge in [0.15, 0.2) is 17.7 Å². The normalized spacial score (nSPS) is 21.1. The zero-order valence-electron chi connectivity index (χ0n) is 23.1. The van der Waals surface area contributed by atoms with Crippen LogP contribution in [0.2, 0.25) is 5.28 Å². The minimum atomic E-state index is -1.96. The van der Waals surface area contributed by atoms with Crippen LogP contribution in [0.5, 0.6) is 0 Å². The number of aliphatic carboxylic acids is 1. The molecule has 1 aliphatic rings. The second-order valence-electron chi connectivity index (χ2n) is 10.3. The molecule has 14 nitrogen and oxygen atoms in total. The van der Waals surface area contributed by atoms with Gasteiger partial charge in [0.05, 0.1) is 29.7 Å². The number of aromatic carboxylic acids is 1. The molecular weight excluding hydrogens is 628 g/mol. The van der Waals surface area contributed by atoms with Crippen molar-refractivity contribution in [2.75, 3.05) is 12.3 Å². The van der Waals surface area contributed by atoms with Gasteiger partial charge in [-0.05, 0) is 40.4 Å². The number of nitrogen functional groups attached to an aromatic ring is 1. The third-order valence-corrected chi connectivity index (χ3v) is 8.35. The molecule has 0 amide bonds. The van der Waals surface area contributed by atoms with Crippen LogP contribution in [0.15, 0.2) is 65.7 Å². The smallest absolute Gasteiger partial charge is 0.342 e. The number of nitrogens with two attached hydrogens (primary N) is 1. The van der Waals surface area contributed by atoms with E-state index in [-0.39, 0.29) is 39.9 Å². The van der Waals surface area contributed by atoms with Gasteiger partial charge in [-0.2, -0.15) is 9.97 Å². The summed E-state index contributed by atoms with van der Waals surface area (Å²) in [5, 5.41) is 42.8. The average Bonchev–Trinajstić information content (AvgIpc) is 3.77. The van der Waals surface area contributed by atoms with Crippen LogP contribution in [0, 0.1) is 0 Å². The van der Waals surface area contributed by atoms with Crippen LogP contribution in [-0.2, 0) is 26.3 Å². The van der Waals surface area contributed by atoms with Crippen molar-refractivity contribution in [2.45, 2.75) is 36.6 Å². The molecule has 0 bridgehead atoms. The molecular formula is C29H25ClN6O8S. The molecule has 0 radical (unpaired) electrons. The van der Waals surface area contributed by atoms with Crippen molar-refractivity contribution in [3.8, 4) is 11.1 Å². The highest BCUT2D eigenvalue weighted by molar-refractivity contribution is 7.07. The Morgan fingerprint density at radius 2 is 1.71 bits per heavy atom. The molecule has 16 heteroatoms. The lowest BCUT2D eigenvalue weighted by atomic mass is 9.90. The molecule has 6 rings (SSSR count). The summed E-state index contributed by atoms with van der Waals surface area (Å²) >= 11 is 7.16. The van der Waals surface area contributed by atoms with Crippen molar-refractivity contribution >= 4 is 51.9 Å². The number of aliphatic hydroxyl groups excluding tert-OH is 2. The number of fused-ring (bicyclic) bond motifs is 1. The Morgan fingerprint density at radius 1 is 1.02 bits per heavy atom. The number of nitrogens with zero attached hydrogens (tertiary/aromatic N) is 5. The maximum Gasteiger partial charge on any atom is 0.342 e. The second-order valence-corrected chi connectivity index (χ2v) is 11.4. The number of hydrogen-bond donors (Lipinski definition) is 5. The van der Waals surface area contributed by atoms with Crippen LogP contribution < -0.4 is 5.73 Å². The summed E-state index contributed by atoms with van der Waals surface area (Å²) in [7, 11) is 0. The highest BCUT2D eigenvalue weighted by Crippen LogP contribution is 2.36. The lowest BCUT2D eigenvalue weighted by Gasteiger charge is -2.30. The maximum absolute atomic E-state index is 12.9. The number of rotatable bonds is 10. The first-order valence-corrected chi connectivity index (χ1v) is 14.8. The van der Waals surface area contributed by atoms with Crippen molar-refractivity contribution in [2.24, 2.45) is 0 Å². The number of carboxylic acids is 2. The molecule has 45 heavy (non-hydrogen) atoms. The fourth-order valence-corrected chi connectivity index (χ4v) is 5.99. The number of hydrogen-bond acceptors (Lipinski definition) is 12. The third-order valence-electron chi connectivity index (χ3n) is 7.59. The summed E-state index contributed by atoms with van der Waals surface area (Å²) in [5.74, 6) is -2.31. The summed E-state index contributed by atoms with van der Waals surface area (Å²) < 4.78 is 13.4. The van der Waals surface area contributed by atoms with Crippen LogP contribution in [0.25, 0.3) is 22.3 Å². The standard InChI is InChI=1S/C29H25ClN6O8S/c30-28-34-23(31)20-24(35-28)36(12-32-20)25-22(38)21(37)18(44-25)10-43-29(27(41)42,19-11-45-13-33-19)9-14-1-3-15(4-2-14)16-5-7-17(8-6-16)26(39)40/h1-8,11-13,18,21-22,25,37-38H,9-10H2,(H,39,40)(H,41,42)(H2,31,34,35)/t18-,21-,22-,25-,29-/m1/s1. The Morgan fingerprint density at radius 3 is 2.33 bits per heavy atom. The molecule has 232 valence electrons. The average molecular weight is 653 g/mol. The number of imidazole rings is 1. The maximum atomic E-state index is 12.9. The number of halogens is 1. The molecule has 6 N–H and O–H groups in total. The Labute approximate surface area is 263 Å². The van der Waals surface area contributed by atoms with Gasteiger partial charge in [-0.3, -0.25) is 4.57 Å². The number of aliphatic hydroxyl groups is 2. The Kier molecular flexibility index (Phi) is 8.22. The predicted molar refractivity (Wildman–Crippen MR) is 161 cm³/mol. The van der Waals surface area contributed by atoms with E-state index in [0.717, 1.165) is 11.1 Å². The summed E-state index contributed by atoms with van der Waals surface area (Å²) in [6.07, 6.45) is -4.04. The summed E-state index contributed by atoms with van der Waals surface area (Å²) in [6, 6.07) is 13.5. The molecule has 5 atom stereocenters. The number of anilines is 1. The molecule has 2 aromatic carbocycles. The van der Waals surface area contributed by atoms with Gasteiger partial charge in [0.2, 0.25) is 10.9 Å². The monoisotopic (exact) mass is 652 g/mol. The lowest BCUT2D eigenvalue weighted by molar-refractivity contribution is -0.177. The molecule has 3 aromatic heterocycles. The summed E-state index contributed by atoms with van der Waals surface area (Å²) in [6.45, 7) is -0.420. The van der Waals surface area contributed by atoms with Crippen LogP contribution in [-0.4, -0.2) is 81.8 Å². The first-order valence-electron chi connectivity index (χ1n) is 13.4. The van der Waals surface area contributed by atoms with Gasteiger partial charge in [-0.15, -0.1) is 11.3 Å². The molecule has 1 saturated heterocycles. The van der Waals surface area contributed by atoms with Gasteiger partial charge in [0.25, 0.3) is 0 Å². The van der Waals surface area contributed by atoms with E-state index in [1.54, 1.807) is 41.8 Å². The first-order chi connectivity index (χ1) is 21.6. The molecule has 1 fully saturated rings. The first kappa shape index (κ1) is 30.5. The Balaban J connectivity index is 1.24. The molecule has 0 unspecified atom stereocenters. The quantitative estimate of drug-likeness (QED) is 0.137. The molecule has 0 spiro atoms. The topological polar surface area (TPSA) is 216 Å². The van der Waals surface area contributed by atoms with Gasteiger partial charge < -0.3 is 35.6 Å². The summed E-state index contributed by atoms with van der Waals surface area (Å²) in [4.78, 5) is 40.4. The van der Waals surface area contributed by atoms with Gasteiger partial charge in [-0.25, -0.2) is 19.6 Å². The van der Waals surface area contributed by atoms with E-state index in [2.05, 4.69) is 19.9 Å². The number of ether oxygens (including phenoxy) is 2. The van der Waals surface area contributed by atoms with Crippen LogP contribution in [0.4, 0.5) is 5.82 Å². The zero-order chi connectivity index (χ0) is 31.9. The summed E-state index contributed by atoms with van der Waals surface area (Å²) in [5.41, 5.74) is 8.32. The van der Waals surface area contributed by atoms with Crippen molar-refractivity contribution in [1.82, 2.24) is 24.5 Å². The van der Waals surface area contributed by atoms with E-state index < -0.39 is 48.7 Å². The number of thiazole rings is 1. The SMILES string of the molecule is Nc1nc(Cl)nc2c1ncn2[C@@H]1O[C@H](CO[C@@](Cc2ccc(-c3ccc(C(=O)O)cc3)cc2)(C(=O)O)c2cscn2)[C@@H](O)[C@H]1O. The number of carbonyl (C=O) groups is 2. The van der Waals surface area contributed by atoms with Crippen LogP contribution in [0.1, 0.15) is 27.8 Å². The van der Waals surface area contributed by atoms with Gasteiger partial charge >= 0.3 is 11.9 Å². The van der Waals surface area contributed by atoms with Crippen molar-refractivity contribution < 1.29 is 39.5 Å². The predicted octanol–water partition coefficient (Wildman–Crippen LogP) is 2.74. The molecule has 1 aliphatic heterocycles. The van der Waals surface area contributed by atoms with E-state index in [1.807, 2.05) is 0 Å². The largest absolute Gasteiger partial charge is 0.479 e. The molecule has 0 saturated carbocycles. The van der Waals surface area contributed by atoms with Crippen molar-refractivity contribution in [3.05, 3.63) is 87.9 Å². The second kappa shape index (κ2) is 12.1. The highest BCUT2D eigenvalue weighted by atomic mass is 35.5. The van der Waals surface area contributed by atoms with Gasteiger partial charge in [0, 0.05) is 11.8 Å². The van der Waals surface area contributed by atoms with Crippen LogP contribution in [0.3, 0.4) is 0 Å². The number of benzene rings is 2. The minimum Gasteiger partial charge on any atom is -0.479 e. The van der Waals surface area contributed by atoms with E-state index in [1.165, 1.54) is 39.9 Å². The minimum absolute atomic E-state index is 0.0234. The number of carboxylic acid groups (broad SMARTS) is 2. The number of aromatic nitrogens is 5. The van der Waals surface area contributed by atoms with Crippen molar-refractivity contribution in [1.29, 1.82) is 0 Å². The fourth-order valence-electron chi connectivity index (χ4n) is 5.20. The fraction of sp³-hybridized carbons (Fsp3) is 0.241. The van der Waals surface area contributed by atoms with E-state index in [9.17, 15) is 24.9 Å². The Bertz CT molecular complexity index is 1850. The zero-order valence-corrected chi connectivity index (χ0v) is 24.7. The van der Waals surface area contributed by atoms with E-state index >= 15 is 0 Å². The lowest BCUT2D eigenvalue weighted by Crippen LogP contribution is -2.44. The highest BCUT2D eigenvalue weighted by Gasteiger charge is 2.49. The molecule has 5 aromatic rings. The van der Waals surface area contributed by atoms with Crippen LogP contribution >= 0.6 is 22.9 Å². The van der Waals surface area contributed by atoms with Gasteiger partial charge in [0.1, 0.15) is 23.8 Å². The Hall–Kier alpha value is -4.51. The van der Waals surface area contributed by atoms with E-state index in [0.29, 0.717) is 5.56 Å².